The van der Waals surface area contributed by atoms with Gasteiger partial charge in [-0.25, -0.2) is 0 Å². The Morgan fingerprint density at radius 1 is 0.727 bits per heavy atom. The zero-order chi connectivity index (χ0) is 15.8. The van der Waals surface area contributed by atoms with Crippen LogP contribution in [0.5, 0.6) is 0 Å². The molecule has 0 heterocycles. The third kappa shape index (κ3) is 5.57. The molecule has 0 bridgehead atoms. The smallest absolute Gasteiger partial charge is 0.0326 e. The third-order valence-electron chi connectivity index (χ3n) is 7.13. The van der Waals surface area contributed by atoms with Crippen molar-refractivity contribution in [1.82, 2.24) is 0 Å². The van der Waals surface area contributed by atoms with E-state index in [0.29, 0.717) is 5.41 Å². The Kier molecular flexibility index (Phi) is 7.78. The minimum atomic E-state index is 0.698. The van der Waals surface area contributed by atoms with Crippen LogP contribution in [0.25, 0.3) is 0 Å². The van der Waals surface area contributed by atoms with Gasteiger partial charge >= 0.3 is 0 Å². The fourth-order valence-electron chi connectivity index (χ4n) is 5.39. The van der Waals surface area contributed by atoms with E-state index in [4.69, 9.17) is 0 Å². The Bertz CT molecular complexity index is 276. The van der Waals surface area contributed by atoms with E-state index in [1.54, 1.807) is 38.5 Å². The highest BCUT2D eigenvalue weighted by molar-refractivity contribution is 4.86. The van der Waals surface area contributed by atoms with Crippen molar-refractivity contribution in [2.24, 2.45) is 23.2 Å². The van der Waals surface area contributed by atoms with E-state index < -0.39 is 0 Å². The number of rotatable bonds is 8. The molecule has 0 aromatic rings. The van der Waals surface area contributed by atoms with Crippen LogP contribution in [0.1, 0.15) is 117 Å². The van der Waals surface area contributed by atoms with Crippen LogP contribution in [0.4, 0.5) is 0 Å². The third-order valence-corrected chi connectivity index (χ3v) is 7.13. The van der Waals surface area contributed by atoms with Crippen molar-refractivity contribution in [1.29, 1.82) is 0 Å². The summed E-state index contributed by atoms with van der Waals surface area (Å²) >= 11 is 0. The van der Waals surface area contributed by atoms with Crippen LogP contribution in [-0.2, 0) is 0 Å². The van der Waals surface area contributed by atoms with E-state index in [-0.39, 0.29) is 0 Å². The standard InChI is InChI=1S/C22H42/c1-4-6-7-8-16-22(3)17-14-21(15-18-22)20-12-10-19(9-5-2)11-13-20/h19-21H,4-18H2,1-3H3. The van der Waals surface area contributed by atoms with Crippen molar-refractivity contribution in [2.75, 3.05) is 0 Å². The van der Waals surface area contributed by atoms with Gasteiger partial charge < -0.3 is 0 Å². The summed E-state index contributed by atoms with van der Waals surface area (Å²) in [6, 6.07) is 0. The summed E-state index contributed by atoms with van der Waals surface area (Å²) < 4.78 is 0. The lowest BCUT2D eigenvalue weighted by Crippen LogP contribution is -2.30. The predicted molar refractivity (Wildman–Crippen MR) is 99.2 cm³/mol. The summed E-state index contributed by atoms with van der Waals surface area (Å²) in [6.45, 7) is 7.27. The van der Waals surface area contributed by atoms with Crippen LogP contribution in [0.2, 0.25) is 0 Å². The summed E-state index contributed by atoms with van der Waals surface area (Å²) in [4.78, 5) is 0. The Hall–Kier alpha value is 0. The van der Waals surface area contributed by atoms with E-state index in [1.165, 1.54) is 57.8 Å². The molecular formula is C22H42. The number of unbranched alkanes of at least 4 members (excludes halogenated alkanes) is 3. The number of hydrogen-bond acceptors (Lipinski definition) is 0. The molecule has 0 saturated heterocycles. The highest BCUT2D eigenvalue weighted by atomic mass is 14.4. The van der Waals surface area contributed by atoms with Gasteiger partial charge in [-0.05, 0) is 68.1 Å². The molecule has 0 nitrogen and oxygen atoms in total. The van der Waals surface area contributed by atoms with Gasteiger partial charge in [-0.1, -0.05) is 72.1 Å². The second-order valence-corrected chi connectivity index (χ2v) is 9.03. The highest BCUT2D eigenvalue weighted by Gasteiger charge is 2.35. The first-order valence-corrected chi connectivity index (χ1v) is 10.7. The molecule has 2 rings (SSSR count). The average Bonchev–Trinajstić information content (AvgIpc) is 2.54. The van der Waals surface area contributed by atoms with Crippen LogP contribution in [0.15, 0.2) is 0 Å². The molecule has 0 atom stereocenters. The highest BCUT2D eigenvalue weighted by Crippen LogP contribution is 2.47. The Balaban J connectivity index is 1.66. The lowest BCUT2D eigenvalue weighted by atomic mass is 9.63. The monoisotopic (exact) mass is 306 g/mol. The van der Waals surface area contributed by atoms with E-state index in [1.807, 2.05) is 0 Å². The summed E-state index contributed by atoms with van der Waals surface area (Å²) in [5.74, 6) is 3.26. The van der Waals surface area contributed by atoms with E-state index in [2.05, 4.69) is 20.8 Å². The van der Waals surface area contributed by atoms with Gasteiger partial charge in [0.1, 0.15) is 0 Å². The second kappa shape index (κ2) is 9.33. The molecule has 22 heavy (non-hydrogen) atoms. The first kappa shape index (κ1) is 18.3. The molecule has 2 fully saturated rings. The largest absolute Gasteiger partial charge is 0.0654 e. The number of hydrogen-bond donors (Lipinski definition) is 0. The first-order chi connectivity index (χ1) is 10.7. The molecule has 0 N–H and O–H groups in total. The van der Waals surface area contributed by atoms with Crippen LogP contribution in [0, 0.1) is 23.2 Å². The van der Waals surface area contributed by atoms with Crippen LogP contribution < -0.4 is 0 Å². The normalized spacial score (nSPS) is 36.4. The summed E-state index contributed by atoms with van der Waals surface area (Å²) in [5.41, 5.74) is 0.698. The molecule has 0 heteroatoms. The van der Waals surface area contributed by atoms with Gasteiger partial charge in [0, 0.05) is 0 Å². The minimum Gasteiger partial charge on any atom is -0.0654 e. The zero-order valence-electron chi connectivity index (χ0n) is 15.8. The van der Waals surface area contributed by atoms with Crippen molar-refractivity contribution in [3.05, 3.63) is 0 Å². The fraction of sp³-hybridized carbons (Fsp3) is 1.00. The molecule has 0 aliphatic heterocycles. The minimum absolute atomic E-state index is 0.698. The van der Waals surface area contributed by atoms with Gasteiger partial charge in [0.25, 0.3) is 0 Å². The van der Waals surface area contributed by atoms with Gasteiger partial charge in [0.2, 0.25) is 0 Å². The van der Waals surface area contributed by atoms with E-state index in [0.717, 1.165) is 17.8 Å². The van der Waals surface area contributed by atoms with Gasteiger partial charge in [-0.15, -0.1) is 0 Å². The molecule has 0 spiro atoms. The molecular weight excluding hydrogens is 264 g/mol. The quantitative estimate of drug-likeness (QED) is 0.402. The maximum atomic E-state index is 2.59. The Morgan fingerprint density at radius 3 is 1.95 bits per heavy atom. The van der Waals surface area contributed by atoms with Gasteiger partial charge in [-0.2, -0.15) is 0 Å². The lowest BCUT2D eigenvalue weighted by Gasteiger charge is -2.42. The van der Waals surface area contributed by atoms with Crippen molar-refractivity contribution in [3.8, 4) is 0 Å². The molecule has 0 aromatic carbocycles. The maximum Gasteiger partial charge on any atom is -0.0326 e. The predicted octanol–water partition coefficient (Wildman–Crippen LogP) is 7.76. The van der Waals surface area contributed by atoms with E-state index >= 15 is 0 Å². The molecule has 2 saturated carbocycles. The lowest BCUT2D eigenvalue weighted by molar-refractivity contribution is 0.0951. The van der Waals surface area contributed by atoms with E-state index in [9.17, 15) is 0 Å². The SMILES string of the molecule is CCCCCCC1(C)CCC(C2CCC(CCC)CC2)CC1. The Morgan fingerprint density at radius 2 is 1.36 bits per heavy atom. The van der Waals surface area contributed by atoms with Crippen LogP contribution in [0.3, 0.4) is 0 Å². The van der Waals surface area contributed by atoms with Crippen LogP contribution in [-0.4, -0.2) is 0 Å². The maximum absolute atomic E-state index is 2.59. The second-order valence-electron chi connectivity index (χ2n) is 9.03. The van der Waals surface area contributed by atoms with Crippen molar-refractivity contribution < 1.29 is 0 Å². The molecule has 0 radical (unpaired) electrons. The van der Waals surface area contributed by atoms with Crippen LogP contribution >= 0.6 is 0 Å². The van der Waals surface area contributed by atoms with Gasteiger partial charge in [0.05, 0.1) is 0 Å². The Labute approximate surface area is 140 Å². The van der Waals surface area contributed by atoms with Crippen molar-refractivity contribution in [3.63, 3.8) is 0 Å². The molecule has 2 aliphatic carbocycles. The molecule has 2 aliphatic rings. The van der Waals surface area contributed by atoms with Crippen molar-refractivity contribution in [2.45, 2.75) is 117 Å². The van der Waals surface area contributed by atoms with Gasteiger partial charge in [0.15, 0.2) is 0 Å². The molecule has 0 unspecified atom stereocenters. The molecule has 0 amide bonds. The molecule has 0 aromatic heterocycles. The van der Waals surface area contributed by atoms with Crippen molar-refractivity contribution >= 4 is 0 Å². The summed E-state index contributed by atoms with van der Waals surface area (Å²) in [5, 5.41) is 0. The average molecular weight is 307 g/mol. The first-order valence-electron chi connectivity index (χ1n) is 10.7. The zero-order valence-corrected chi connectivity index (χ0v) is 15.8. The summed E-state index contributed by atoms with van der Waals surface area (Å²) in [6.07, 6.45) is 22.5. The van der Waals surface area contributed by atoms with Gasteiger partial charge in [-0.3, -0.25) is 0 Å². The molecule has 130 valence electrons. The topological polar surface area (TPSA) is 0 Å². The summed E-state index contributed by atoms with van der Waals surface area (Å²) in [7, 11) is 0. The fourth-order valence-corrected chi connectivity index (χ4v) is 5.39.